The summed E-state index contributed by atoms with van der Waals surface area (Å²) in [5.74, 6) is -0.876. The second-order valence-corrected chi connectivity index (χ2v) is 6.07. The van der Waals surface area contributed by atoms with Crippen molar-refractivity contribution in [2.45, 2.75) is 19.0 Å². The molecule has 0 saturated carbocycles. The van der Waals surface area contributed by atoms with Gasteiger partial charge in [-0.1, -0.05) is 0 Å². The van der Waals surface area contributed by atoms with Gasteiger partial charge in [0, 0.05) is 27.7 Å². The Morgan fingerprint density at radius 2 is 2.44 bits per heavy atom. The van der Waals surface area contributed by atoms with Crippen LogP contribution in [0.5, 0.6) is 0 Å². The SMILES string of the molecule is O=C(O)C(Cc1cnsn1)NCc1cc(Br)cs1. The number of halogens is 1. The maximum Gasteiger partial charge on any atom is 0.321 e. The quantitative estimate of drug-likeness (QED) is 0.837. The first-order chi connectivity index (χ1) is 8.65. The number of thiophene rings is 1. The van der Waals surface area contributed by atoms with Crippen LogP contribution in [-0.4, -0.2) is 25.9 Å². The van der Waals surface area contributed by atoms with E-state index in [1.807, 2.05) is 11.4 Å². The summed E-state index contributed by atoms with van der Waals surface area (Å²) in [6, 6.07) is 1.33. The lowest BCUT2D eigenvalue weighted by Gasteiger charge is -2.12. The van der Waals surface area contributed by atoms with E-state index in [-0.39, 0.29) is 0 Å². The van der Waals surface area contributed by atoms with Crippen LogP contribution >= 0.6 is 39.0 Å². The predicted molar refractivity (Wildman–Crippen MR) is 73.9 cm³/mol. The second-order valence-electron chi connectivity index (χ2n) is 3.61. The molecule has 0 bridgehead atoms. The van der Waals surface area contributed by atoms with Crippen molar-refractivity contribution in [2.75, 3.05) is 0 Å². The molecule has 0 saturated heterocycles. The number of nitrogens with zero attached hydrogens (tertiary/aromatic N) is 2. The molecule has 2 heterocycles. The Morgan fingerprint density at radius 3 is 3.00 bits per heavy atom. The number of hydrogen-bond donors (Lipinski definition) is 2. The number of carboxylic acid groups (broad SMARTS) is 1. The first-order valence-electron chi connectivity index (χ1n) is 5.10. The van der Waals surface area contributed by atoms with E-state index in [4.69, 9.17) is 5.11 Å². The molecule has 8 heteroatoms. The highest BCUT2D eigenvalue weighted by atomic mass is 79.9. The first kappa shape index (κ1) is 13.6. The lowest BCUT2D eigenvalue weighted by Crippen LogP contribution is -2.38. The van der Waals surface area contributed by atoms with Crippen LogP contribution in [0.25, 0.3) is 0 Å². The number of aromatic nitrogens is 2. The van der Waals surface area contributed by atoms with Crippen LogP contribution in [0.1, 0.15) is 10.6 Å². The summed E-state index contributed by atoms with van der Waals surface area (Å²) in [7, 11) is 0. The van der Waals surface area contributed by atoms with E-state index in [9.17, 15) is 4.79 Å². The average molecular weight is 348 g/mol. The molecule has 2 aromatic heterocycles. The Bertz CT molecular complexity index is 515. The van der Waals surface area contributed by atoms with Crippen LogP contribution in [0.15, 0.2) is 22.1 Å². The number of carbonyl (C=O) groups is 1. The van der Waals surface area contributed by atoms with Gasteiger partial charge in [0.05, 0.1) is 23.6 Å². The van der Waals surface area contributed by atoms with Crippen LogP contribution < -0.4 is 5.32 Å². The van der Waals surface area contributed by atoms with Crippen molar-refractivity contribution in [1.29, 1.82) is 0 Å². The molecule has 0 amide bonds. The molecule has 2 rings (SSSR count). The Balaban J connectivity index is 1.92. The standard InChI is InChI=1S/C10H10BrN3O2S2/c11-6-1-8(17-5-6)4-12-9(10(15)16)2-7-3-13-18-14-7/h1,3,5,9,12H,2,4H2,(H,15,16). The summed E-state index contributed by atoms with van der Waals surface area (Å²) >= 11 is 6.04. The van der Waals surface area contributed by atoms with E-state index < -0.39 is 12.0 Å². The molecule has 1 atom stereocenters. The summed E-state index contributed by atoms with van der Waals surface area (Å²) in [5, 5.41) is 14.1. The van der Waals surface area contributed by atoms with E-state index in [0.29, 0.717) is 18.7 Å². The van der Waals surface area contributed by atoms with Gasteiger partial charge in [-0.3, -0.25) is 10.1 Å². The number of aliphatic carboxylic acids is 1. The highest BCUT2D eigenvalue weighted by Gasteiger charge is 2.18. The fraction of sp³-hybridized carbons (Fsp3) is 0.300. The fourth-order valence-electron chi connectivity index (χ4n) is 1.40. The van der Waals surface area contributed by atoms with Crippen LogP contribution in [0, 0.1) is 0 Å². The first-order valence-corrected chi connectivity index (χ1v) is 7.51. The third kappa shape index (κ3) is 3.84. The summed E-state index contributed by atoms with van der Waals surface area (Å²) in [4.78, 5) is 12.2. The van der Waals surface area contributed by atoms with Gasteiger partial charge in [0.1, 0.15) is 6.04 Å². The van der Waals surface area contributed by atoms with E-state index >= 15 is 0 Å². The van der Waals surface area contributed by atoms with Crippen LogP contribution in [0.2, 0.25) is 0 Å². The maximum atomic E-state index is 11.1. The third-order valence-corrected chi connectivity index (χ3v) is 4.48. The maximum absolute atomic E-state index is 11.1. The minimum atomic E-state index is -0.876. The molecule has 0 aliphatic carbocycles. The van der Waals surface area contributed by atoms with Gasteiger partial charge in [0.2, 0.25) is 0 Å². The van der Waals surface area contributed by atoms with Gasteiger partial charge in [-0.25, -0.2) is 0 Å². The number of carboxylic acids is 1. The highest BCUT2D eigenvalue weighted by Crippen LogP contribution is 2.19. The van der Waals surface area contributed by atoms with Crippen molar-refractivity contribution < 1.29 is 9.90 Å². The van der Waals surface area contributed by atoms with Gasteiger partial charge in [0.15, 0.2) is 0 Å². The number of hydrogen-bond acceptors (Lipinski definition) is 6. The molecule has 18 heavy (non-hydrogen) atoms. The van der Waals surface area contributed by atoms with Crippen LogP contribution in [0.3, 0.4) is 0 Å². The predicted octanol–water partition coefficient (Wildman–Crippen LogP) is 2.15. The normalized spacial score (nSPS) is 12.5. The van der Waals surface area contributed by atoms with Gasteiger partial charge in [-0.2, -0.15) is 8.75 Å². The molecular formula is C10H10BrN3O2S2. The van der Waals surface area contributed by atoms with Gasteiger partial charge in [-0.15, -0.1) is 11.3 Å². The molecule has 2 aromatic rings. The Hall–Kier alpha value is -0.830. The molecule has 0 aliphatic rings. The zero-order chi connectivity index (χ0) is 13.0. The van der Waals surface area contributed by atoms with Crippen molar-refractivity contribution >= 4 is 45.0 Å². The van der Waals surface area contributed by atoms with E-state index in [0.717, 1.165) is 21.1 Å². The average Bonchev–Trinajstić information content (AvgIpc) is 2.95. The van der Waals surface area contributed by atoms with Gasteiger partial charge in [-0.05, 0) is 22.0 Å². The summed E-state index contributed by atoms with van der Waals surface area (Å²) in [6.45, 7) is 0.533. The Morgan fingerprint density at radius 1 is 1.61 bits per heavy atom. The minimum absolute atomic E-state index is 0.346. The van der Waals surface area contributed by atoms with E-state index in [1.54, 1.807) is 17.5 Å². The van der Waals surface area contributed by atoms with Crippen molar-refractivity contribution in [2.24, 2.45) is 0 Å². The summed E-state index contributed by atoms with van der Waals surface area (Å²) in [5.41, 5.74) is 0.701. The molecule has 5 nitrogen and oxygen atoms in total. The summed E-state index contributed by atoms with van der Waals surface area (Å²) in [6.07, 6.45) is 1.95. The molecule has 0 fully saturated rings. The lowest BCUT2D eigenvalue weighted by molar-refractivity contribution is -0.139. The number of nitrogens with one attached hydrogen (secondary N) is 1. The topological polar surface area (TPSA) is 75.1 Å². The van der Waals surface area contributed by atoms with Crippen molar-refractivity contribution in [3.05, 3.63) is 32.7 Å². The van der Waals surface area contributed by atoms with Crippen molar-refractivity contribution in [3.63, 3.8) is 0 Å². The smallest absolute Gasteiger partial charge is 0.321 e. The summed E-state index contributed by atoms with van der Waals surface area (Å²) < 4.78 is 8.90. The zero-order valence-electron chi connectivity index (χ0n) is 9.17. The second kappa shape index (κ2) is 6.37. The van der Waals surface area contributed by atoms with Gasteiger partial charge >= 0.3 is 5.97 Å². The lowest BCUT2D eigenvalue weighted by atomic mass is 10.1. The molecule has 0 aromatic carbocycles. The van der Waals surface area contributed by atoms with Crippen molar-refractivity contribution in [3.8, 4) is 0 Å². The van der Waals surface area contributed by atoms with E-state index in [2.05, 4.69) is 30.0 Å². The zero-order valence-corrected chi connectivity index (χ0v) is 12.4. The van der Waals surface area contributed by atoms with Crippen LogP contribution in [0.4, 0.5) is 0 Å². The Kier molecular flexibility index (Phi) is 4.81. The molecule has 0 radical (unpaired) electrons. The Labute approximate surface area is 120 Å². The highest BCUT2D eigenvalue weighted by molar-refractivity contribution is 9.10. The molecule has 0 spiro atoms. The van der Waals surface area contributed by atoms with Crippen LogP contribution in [-0.2, 0) is 17.8 Å². The fourth-order valence-corrected chi connectivity index (χ4v) is 3.24. The monoisotopic (exact) mass is 347 g/mol. The molecule has 1 unspecified atom stereocenters. The minimum Gasteiger partial charge on any atom is -0.480 e. The molecular weight excluding hydrogens is 338 g/mol. The van der Waals surface area contributed by atoms with Gasteiger partial charge < -0.3 is 5.11 Å². The number of rotatable bonds is 6. The van der Waals surface area contributed by atoms with Crippen molar-refractivity contribution in [1.82, 2.24) is 14.1 Å². The molecule has 96 valence electrons. The molecule has 2 N–H and O–H groups in total. The van der Waals surface area contributed by atoms with E-state index in [1.165, 1.54) is 0 Å². The molecule has 0 aliphatic heterocycles. The third-order valence-electron chi connectivity index (χ3n) is 2.26. The van der Waals surface area contributed by atoms with Gasteiger partial charge in [0.25, 0.3) is 0 Å². The largest absolute Gasteiger partial charge is 0.480 e.